The molecule has 0 fully saturated rings. The highest BCUT2D eigenvalue weighted by molar-refractivity contribution is 9.11. The van der Waals surface area contributed by atoms with Crippen molar-refractivity contribution in [2.24, 2.45) is 0 Å². The van der Waals surface area contributed by atoms with Gasteiger partial charge in [-0.05, 0) is 45.8 Å². The minimum Gasteiger partial charge on any atom is -0.350 e. The van der Waals surface area contributed by atoms with Gasteiger partial charge in [0.1, 0.15) is 0 Å². The zero-order valence-electron chi connectivity index (χ0n) is 12.1. The Morgan fingerprint density at radius 2 is 2.00 bits per heavy atom. The second-order valence-electron chi connectivity index (χ2n) is 4.78. The summed E-state index contributed by atoms with van der Waals surface area (Å²) in [4.78, 5) is 26.1. The fraction of sp³-hybridized carbons (Fsp3) is 0.200. The quantitative estimate of drug-likeness (QED) is 0.693. The molecule has 0 bridgehead atoms. The number of amides is 2. The molecular weight excluding hydrogens is 468 g/mol. The fourth-order valence-corrected chi connectivity index (χ4v) is 3.94. The zero-order chi connectivity index (χ0) is 17.0. The summed E-state index contributed by atoms with van der Waals surface area (Å²) in [6.45, 7) is 0.306. The summed E-state index contributed by atoms with van der Waals surface area (Å²) in [6, 6.07) is 9.00. The summed E-state index contributed by atoms with van der Waals surface area (Å²) in [5.41, 5.74) is 0.819. The number of carbonyl (C=O) groups excluding carboxylic acids is 2. The van der Waals surface area contributed by atoms with E-state index < -0.39 is 0 Å². The summed E-state index contributed by atoms with van der Waals surface area (Å²) < 4.78 is 1.76. The van der Waals surface area contributed by atoms with E-state index in [-0.39, 0.29) is 18.4 Å². The predicted molar refractivity (Wildman–Crippen MR) is 100.0 cm³/mol. The maximum atomic E-state index is 12.2. The first-order chi connectivity index (χ1) is 10.9. The van der Waals surface area contributed by atoms with Crippen LogP contribution in [0.25, 0.3) is 0 Å². The van der Waals surface area contributed by atoms with E-state index in [1.807, 2.05) is 12.1 Å². The molecule has 8 heteroatoms. The summed E-state index contributed by atoms with van der Waals surface area (Å²) >= 11 is 14.1. The standard InChI is InChI=1S/C15H13Br2ClN2O2S/c1-20(15(22)12-4-5-13(17)23-12)8-14(21)19-7-9-2-3-10(16)6-11(9)18/h2-6H,7-8H2,1H3,(H,19,21). The minimum absolute atomic E-state index is 0.0114. The summed E-state index contributed by atoms with van der Waals surface area (Å²) in [6.07, 6.45) is 0. The molecule has 1 aromatic heterocycles. The van der Waals surface area contributed by atoms with Crippen LogP contribution in [0, 0.1) is 0 Å². The van der Waals surface area contributed by atoms with Crippen molar-refractivity contribution in [3.05, 3.63) is 54.1 Å². The number of hydrogen-bond donors (Lipinski definition) is 1. The molecule has 0 aliphatic carbocycles. The number of benzene rings is 1. The largest absolute Gasteiger partial charge is 0.350 e. The Labute approximate surface area is 160 Å². The molecule has 0 spiro atoms. The Bertz CT molecular complexity index is 736. The van der Waals surface area contributed by atoms with Crippen molar-refractivity contribution in [3.8, 4) is 0 Å². The highest BCUT2D eigenvalue weighted by Crippen LogP contribution is 2.23. The van der Waals surface area contributed by atoms with Crippen LogP contribution in [-0.2, 0) is 11.3 Å². The Balaban J connectivity index is 1.87. The molecule has 0 aliphatic rings. The van der Waals surface area contributed by atoms with Gasteiger partial charge in [-0.3, -0.25) is 9.59 Å². The van der Waals surface area contributed by atoms with E-state index in [0.717, 1.165) is 13.8 Å². The lowest BCUT2D eigenvalue weighted by Gasteiger charge is -2.16. The SMILES string of the molecule is CN(CC(=O)NCc1ccc(Br)cc1Cl)C(=O)c1ccc(Br)s1. The van der Waals surface area contributed by atoms with Crippen molar-refractivity contribution in [1.82, 2.24) is 10.2 Å². The summed E-state index contributed by atoms with van der Waals surface area (Å²) in [5, 5.41) is 3.34. The van der Waals surface area contributed by atoms with Crippen molar-refractivity contribution in [2.45, 2.75) is 6.54 Å². The van der Waals surface area contributed by atoms with Gasteiger partial charge in [-0.25, -0.2) is 0 Å². The first-order valence-corrected chi connectivity index (χ1v) is 9.36. The van der Waals surface area contributed by atoms with E-state index in [0.29, 0.717) is 16.4 Å². The molecule has 2 aromatic rings. The van der Waals surface area contributed by atoms with Gasteiger partial charge in [-0.2, -0.15) is 0 Å². The van der Waals surface area contributed by atoms with Crippen LogP contribution in [0.3, 0.4) is 0 Å². The molecule has 0 aliphatic heterocycles. The lowest BCUT2D eigenvalue weighted by molar-refractivity contribution is -0.121. The molecule has 23 heavy (non-hydrogen) atoms. The number of nitrogens with one attached hydrogen (secondary N) is 1. The first-order valence-electron chi connectivity index (χ1n) is 6.58. The van der Waals surface area contributed by atoms with E-state index in [9.17, 15) is 9.59 Å². The smallest absolute Gasteiger partial charge is 0.264 e. The number of likely N-dealkylation sites (N-methyl/N-ethyl adjacent to an activating group) is 1. The summed E-state index contributed by atoms with van der Waals surface area (Å²) in [7, 11) is 1.60. The van der Waals surface area contributed by atoms with Crippen molar-refractivity contribution >= 4 is 66.6 Å². The zero-order valence-corrected chi connectivity index (χ0v) is 16.9. The molecular formula is C15H13Br2ClN2O2S. The van der Waals surface area contributed by atoms with Gasteiger partial charge < -0.3 is 10.2 Å². The van der Waals surface area contributed by atoms with Crippen LogP contribution in [0.4, 0.5) is 0 Å². The van der Waals surface area contributed by atoms with Crippen LogP contribution < -0.4 is 5.32 Å². The number of rotatable bonds is 5. The monoisotopic (exact) mass is 478 g/mol. The first kappa shape index (κ1) is 18.4. The lowest BCUT2D eigenvalue weighted by Crippen LogP contribution is -2.37. The van der Waals surface area contributed by atoms with Crippen molar-refractivity contribution < 1.29 is 9.59 Å². The van der Waals surface area contributed by atoms with Crippen molar-refractivity contribution in [3.63, 3.8) is 0 Å². The number of halogens is 3. The van der Waals surface area contributed by atoms with E-state index in [4.69, 9.17) is 11.6 Å². The van der Waals surface area contributed by atoms with Crippen LogP contribution in [0.1, 0.15) is 15.2 Å². The molecule has 0 atom stereocenters. The second-order valence-corrected chi connectivity index (χ2v) is 8.56. The molecule has 0 radical (unpaired) electrons. The van der Waals surface area contributed by atoms with Crippen LogP contribution in [-0.4, -0.2) is 30.3 Å². The number of thiophene rings is 1. The van der Waals surface area contributed by atoms with Gasteiger partial charge in [-0.1, -0.05) is 33.6 Å². The van der Waals surface area contributed by atoms with Gasteiger partial charge in [0, 0.05) is 23.1 Å². The Kier molecular flexibility index (Phi) is 6.64. The van der Waals surface area contributed by atoms with Gasteiger partial charge >= 0.3 is 0 Å². The molecule has 2 amide bonds. The third kappa shape index (κ3) is 5.31. The number of carbonyl (C=O) groups is 2. The topological polar surface area (TPSA) is 49.4 Å². The molecule has 2 rings (SSSR count). The van der Waals surface area contributed by atoms with Crippen LogP contribution in [0.5, 0.6) is 0 Å². The van der Waals surface area contributed by atoms with Gasteiger partial charge in [0.25, 0.3) is 5.91 Å². The highest BCUT2D eigenvalue weighted by atomic mass is 79.9. The van der Waals surface area contributed by atoms with Crippen LogP contribution in [0.2, 0.25) is 5.02 Å². The maximum absolute atomic E-state index is 12.2. The minimum atomic E-state index is -0.240. The molecule has 0 saturated heterocycles. The van der Waals surface area contributed by atoms with E-state index in [1.54, 1.807) is 25.2 Å². The van der Waals surface area contributed by atoms with E-state index in [2.05, 4.69) is 37.2 Å². The molecule has 0 saturated carbocycles. The van der Waals surface area contributed by atoms with Crippen molar-refractivity contribution in [2.75, 3.05) is 13.6 Å². The van der Waals surface area contributed by atoms with E-state index >= 15 is 0 Å². The lowest BCUT2D eigenvalue weighted by atomic mass is 10.2. The summed E-state index contributed by atoms with van der Waals surface area (Å²) in [5.74, 6) is -0.423. The Hall–Kier alpha value is -0.890. The fourth-order valence-electron chi connectivity index (χ4n) is 1.82. The van der Waals surface area contributed by atoms with Gasteiger partial charge in [0.15, 0.2) is 0 Å². The average Bonchev–Trinajstić information content (AvgIpc) is 2.92. The molecule has 1 N–H and O–H groups in total. The molecule has 122 valence electrons. The molecule has 1 aromatic carbocycles. The number of nitrogens with zero attached hydrogens (tertiary/aromatic N) is 1. The molecule has 0 unspecified atom stereocenters. The third-order valence-electron chi connectivity index (χ3n) is 3.00. The average molecular weight is 481 g/mol. The predicted octanol–water partition coefficient (Wildman–Crippen LogP) is 4.31. The normalized spacial score (nSPS) is 10.4. The van der Waals surface area contributed by atoms with Gasteiger partial charge in [0.2, 0.25) is 5.91 Å². The Morgan fingerprint density at radius 1 is 1.26 bits per heavy atom. The van der Waals surface area contributed by atoms with Gasteiger partial charge in [0.05, 0.1) is 15.2 Å². The maximum Gasteiger partial charge on any atom is 0.264 e. The number of hydrogen-bond acceptors (Lipinski definition) is 3. The molecule has 1 heterocycles. The van der Waals surface area contributed by atoms with Crippen LogP contribution in [0.15, 0.2) is 38.6 Å². The highest BCUT2D eigenvalue weighted by Gasteiger charge is 2.16. The van der Waals surface area contributed by atoms with Crippen LogP contribution >= 0.6 is 54.8 Å². The second kappa shape index (κ2) is 8.28. The molecule has 4 nitrogen and oxygen atoms in total. The third-order valence-corrected chi connectivity index (χ3v) is 5.46. The van der Waals surface area contributed by atoms with Gasteiger partial charge in [-0.15, -0.1) is 11.3 Å². The van der Waals surface area contributed by atoms with E-state index in [1.165, 1.54) is 16.2 Å². The van der Waals surface area contributed by atoms with Crippen molar-refractivity contribution in [1.29, 1.82) is 0 Å². The Morgan fingerprint density at radius 3 is 2.61 bits per heavy atom.